The van der Waals surface area contributed by atoms with Crippen molar-refractivity contribution >= 4 is 40.2 Å². The van der Waals surface area contributed by atoms with E-state index < -0.39 is 16.9 Å². The number of amides is 1. The van der Waals surface area contributed by atoms with Crippen LogP contribution in [0.15, 0.2) is 10.4 Å². The zero-order chi connectivity index (χ0) is 12.9. The number of carbonyl (C=O) groups is 1. The van der Waals surface area contributed by atoms with E-state index in [0.717, 1.165) is 22.2 Å². The molecule has 3 aliphatic rings. The first-order valence-electron chi connectivity index (χ1n) is 5.96. The zero-order valence-electron chi connectivity index (χ0n) is 9.94. The van der Waals surface area contributed by atoms with Gasteiger partial charge in [0, 0.05) is 33.8 Å². The van der Waals surface area contributed by atoms with Gasteiger partial charge in [-0.15, -0.1) is 11.8 Å². The Labute approximate surface area is 117 Å². The zero-order valence-corrected chi connectivity index (χ0v) is 12.4. The molecule has 1 N–H and O–H groups in total. The quantitative estimate of drug-likeness (QED) is 0.787. The summed E-state index contributed by atoms with van der Waals surface area (Å²) in [4.78, 5) is 13.5. The van der Waals surface area contributed by atoms with E-state index >= 15 is 0 Å². The number of nitrogens with zero attached hydrogens (tertiary/aromatic N) is 1. The van der Waals surface area contributed by atoms with Gasteiger partial charge in [-0.1, -0.05) is 11.8 Å². The molecule has 3 rings (SSSR count). The van der Waals surface area contributed by atoms with Gasteiger partial charge in [-0.05, 0) is 13.3 Å². The molecule has 2 saturated heterocycles. The molecule has 4 nitrogen and oxygen atoms in total. The minimum absolute atomic E-state index is 0.0214. The lowest BCUT2D eigenvalue weighted by Gasteiger charge is -2.42. The number of fused-ring (bicyclic) bond motifs is 1. The Hall–Kier alpha value is 0.0200. The van der Waals surface area contributed by atoms with E-state index in [0.29, 0.717) is 5.25 Å². The van der Waals surface area contributed by atoms with Gasteiger partial charge in [0.25, 0.3) is 0 Å². The van der Waals surface area contributed by atoms with Crippen molar-refractivity contribution in [1.29, 1.82) is 0 Å². The highest BCUT2D eigenvalue weighted by Gasteiger charge is 2.52. The molecule has 2 fully saturated rings. The van der Waals surface area contributed by atoms with Gasteiger partial charge in [0.15, 0.2) is 0 Å². The maximum Gasteiger partial charge on any atom is 0.236 e. The molecule has 7 heteroatoms. The van der Waals surface area contributed by atoms with Crippen molar-refractivity contribution in [3.63, 3.8) is 0 Å². The summed E-state index contributed by atoms with van der Waals surface area (Å²) in [7, 11) is -0.654. The molecule has 0 bridgehead atoms. The van der Waals surface area contributed by atoms with Gasteiger partial charge in [0.2, 0.25) is 5.91 Å². The van der Waals surface area contributed by atoms with Crippen LogP contribution >= 0.6 is 23.5 Å². The fourth-order valence-electron chi connectivity index (χ4n) is 2.44. The number of aliphatic hydroxyl groups excluding tert-OH is 1. The van der Waals surface area contributed by atoms with Crippen LogP contribution in [0.1, 0.15) is 13.3 Å². The Morgan fingerprint density at radius 1 is 1.67 bits per heavy atom. The summed E-state index contributed by atoms with van der Waals surface area (Å²) in [6, 6.07) is 0. The summed E-state index contributed by atoms with van der Waals surface area (Å²) in [5, 5.41) is 10.1. The van der Waals surface area contributed by atoms with E-state index in [9.17, 15) is 14.1 Å². The van der Waals surface area contributed by atoms with Gasteiger partial charge in [0.1, 0.15) is 5.37 Å². The van der Waals surface area contributed by atoms with E-state index in [2.05, 4.69) is 0 Å². The Morgan fingerprint density at radius 2 is 2.44 bits per heavy atom. The topological polar surface area (TPSA) is 57.6 Å². The maximum absolute atomic E-state index is 11.8. The van der Waals surface area contributed by atoms with Gasteiger partial charge in [-0.3, -0.25) is 9.00 Å². The van der Waals surface area contributed by atoms with Crippen LogP contribution in [0.5, 0.6) is 0 Å². The summed E-state index contributed by atoms with van der Waals surface area (Å²) >= 11 is 3.40. The minimum atomic E-state index is -0.654. The molecular formula is C11H15NO3S3. The summed E-state index contributed by atoms with van der Waals surface area (Å²) < 4.78 is 12.5. The third-order valence-corrected chi connectivity index (χ3v) is 7.87. The molecule has 5 atom stereocenters. The minimum Gasteiger partial charge on any atom is -0.392 e. The monoisotopic (exact) mass is 305 g/mol. The molecule has 0 spiro atoms. The van der Waals surface area contributed by atoms with Crippen molar-refractivity contribution in [3.05, 3.63) is 10.4 Å². The third kappa shape index (κ3) is 2.15. The Bertz CT molecular complexity index is 437. The second kappa shape index (κ2) is 4.85. The largest absolute Gasteiger partial charge is 0.392 e. The third-order valence-electron chi connectivity index (χ3n) is 3.44. The molecule has 0 aromatic carbocycles. The number of thioether (sulfide) groups is 2. The van der Waals surface area contributed by atoms with Crippen molar-refractivity contribution in [2.24, 2.45) is 5.92 Å². The van der Waals surface area contributed by atoms with Crippen LogP contribution in [0.2, 0.25) is 0 Å². The number of aliphatic hydroxyl groups is 1. The summed E-state index contributed by atoms with van der Waals surface area (Å²) in [5.41, 5.74) is 0. The predicted molar refractivity (Wildman–Crippen MR) is 75.4 cm³/mol. The molecule has 0 aromatic heterocycles. The first-order chi connectivity index (χ1) is 8.56. The molecule has 3 heterocycles. The van der Waals surface area contributed by atoms with E-state index in [1.54, 1.807) is 35.3 Å². The fourth-order valence-corrected chi connectivity index (χ4v) is 7.46. The normalized spacial score (nSPS) is 40.4. The molecule has 100 valence electrons. The molecule has 1 amide bonds. The first-order valence-corrected chi connectivity index (χ1v) is 9.21. The van der Waals surface area contributed by atoms with Crippen LogP contribution in [-0.2, 0) is 15.6 Å². The lowest BCUT2D eigenvalue weighted by atomic mass is 9.93. The summed E-state index contributed by atoms with van der Waals surface area (Å²) in [6.45, 7) is 1.67. The van der Waals surface area contributed by atoms with Crippen LogP contribution in [0, 0.1) is 5.92 Å². The summed E-state index contributed by atoms with van der Waals surface area (Å²) in [6.07, 6.45) is 2.30. The maximum atomic E-state index is 11.8. The molecular weight excluding hydrogens is 290 g/mol. The Kier molecular flexibility index (Phi) is 3.51. The SMILES string of the molecule is C[C@@H](O)[C@H]1C(=O)N2C=C(S[C@H]3CC[S@@](=O)C3)S[C@H]12. The molecule has 0 aliphatic carbocycles. The van der Waals surface area contributed by atoms with Crippen LogP contribution in [0.3, 0.4) is 0 Å². The van der Waals surface area contributed by atoms with Gasteiger partial charge in [-0.25, -0.2) is 0 Å². The molecule has 18 heavy (non-hydrogen) atoms. The fraction of sp³-hybridized carbons (Fsp3) is 0.727. The van der Waals surface area contributed by atoms with Gasteiger partial charge in [-0.2, -0.15) is 0 Å². The average Bonchev–Trinajstić information content (AvgIpc) is 2.84. The average molecular weight is 305 g/mol. The highest BCUT2D eigenvalue weighted by atomic mass is 32.2. The number of β-lactam (4-membered cyclic amide) rings is 1. The van der Waals surface area contributed by atoms with Crippen LogP contribution < -0.4 is 0 Å². The van der Waals surface area contributed by atoms with Gasteiger partial charge < -0.3 is 10.0 Å². The number of hydrogen-bond donors (Lipinski definition) is 1. The van der Waals surface area contributed by atoms with E-state index in [1.807, 2.05) is 6.20 Å². The molecule has 0 aromatic rings. The van der Waals surface area contributed by atoms with Gasteiger partial charge >= 0.3 is 0 Å². The van der Waals surface area contributed by atoms with E-state index in [-0.39, 0.29) is 17.2 Å². The lowest BCUT2D eigenvalue weighted by molar-refractivity contribution is -0.151. The highest BCUT2D eigenvalue weighted by molar-refractivity contribution is 8.23. The second-order valence-corrected chi connectivity index (χ2v) is 9.19. The van der Waals surface area contributed by atoms with Crippen molar-refractivity contribution in [1.82, 2.24) is 4.90 Å². The predicted octanol–water partition coefficient (Wildman–Crippen LogP) is 0.952. The number of rotatable bonds is 3. The first kappa shape index (κ1) is 13.0. The number of hydrogen-bond acceptors (Lipinski definition) is 5. The van der Waals surface area contributed by atoms with Crippen LogP contribution in [0.4, 0.5) is 0 Å². The Morgan fingerprint density at radius 3 is 3.06 bits per heavy atom. The smallest absolute Gasteiger partial charge is 0.236 e. The van der Waals surface area contributed by atoms with E-state index in [4.69, 9.17) is 0 Å². The standard InChI is InChI=1S/C11H15NO3S3/c1-6(13)9-10(14)12-4-8(17-11(9)12)16-7-2-3-18(15)5-7/h4,6-7,9,11,13H,2-3,5H2,1H3/t6-,7+,9+,11-,18-/m1/s1. The van der Waals surface area contributed by atoms with Crippen LogP contribution in [0.25, 0.3) is 0 Å². The second-order valence-electron chi connectivity index (χ2n) is 4.81. The van der Waals surface area contributed by atoms with Crippen molar-refractivity contribution < 1.29 is 14.1 Å². The van der Waals surface area contributed by atoms with Crippen LogP contribution in [-0.4, -0.2) is 48.4 Å². The lowest BCUT2D eigenvalue weighted by Crippen LogP contribution is -2.58. The van der Waals surface area contributed by atoms with Crippen molar-refractivity contribution in [2.75, 3.05) is 11.5 Å². The van der Waals surface area contributed by atoms with E-state index in [1.165, 1.54) is 0 Å². The molecule has 0 saturated carbocycles. The van der Waals surface area contributed by atoms with Crippen molar-refractivity contribution in [3.8, 4) is 0 Å². The molecule has 0 unspecified atom stereocenters. The van der Waals surface area contributed by atoms with Gasteiger partial charge in [0.05, 0.1) is 16.3 Å². The molecule has 3 aliphatic heterocycles. The highest BCUT2D eigenvalue weighted by Crippen LogP contribution is 2.51. The molecule has 0 radical (unpaired) electrons. The number of carbonyl (C=O) groups excluding carboxylic acids is 1. The Balaban J connectivity index is 1.61. The van der Waals surface area contributed by atoms with Crippen molar-refractivity contribution in [2.45, 2.75) is 30.1 Å². The summed E-state index contributed by atoms with van der Waals surface area (Å²) in [5.74, 6) is 1.33.